The number of ether oxygens (including phenoxy) is 4. The van der Waals surface area contributed by atoms with Gasteiger partial charge in [-0.2, -0.15) is 0 Å². The number of phosphoric acid groups is 2. The van der Waals surface area contributed by atoms with E-state index in [4.69, 9.17) is 37.0 Å². The second-order valence-corrected chi connectivity index (χ2v) is 35.6. The third kappa shape index (κ3) is 80.7. The summed E-state index contributed by atoms with van der Waals surface area (Å²) in [6, 6.07) is 0. The summed E-state index contributed by atoms with van der Waals surface area (Å²) >= 11 is 0. The van der Waals surface area contributed by atoms with Gasteiger partial charge in [0.2, 0.25) is 0 Å². The van der Waals surface area contributed by atoms with Crippen LogP contribution in [-0.4, -0.2) is 96.7 Å². The number of unbranched alkanes of at least 4 members (excludes halogenated alkanes) is 57. The van der Waals surface area contributed by atoms with Crippen LogP contribution in [0.4, 0.5) is 0 Å². The predicted molar refractivity (Wildman–Crippen MR) is 446 cm³/mol. The lowest BCUT2D eigenvalue weighted by Gasteiger charge is -2.21. The molecule has 0 rings (SSSR count). The minimum absolute atomic E-state index is 0.106. The van der Waals surface area contributed by atoms with Crippen LogP contribution in [0.25, 0.3) is 0 Å². The molecule has 19 heteroatoms. The molecule has 0 spiro atoms. The highest BCUT2D eigenvalue weighted by Crippen LogP contribution is 2.45. The zero-order valence-corrected chi connectivity index (χ0v) is 73.0. The largest absolute Gasteiger partial charge is 0.472 e. The van der Waals surface area contributed by atoms with E-state index in [0.29, 0.717) is 25.7 Å². The van der Waals surface area contributed by atoms with E-state index >= 15 is 0 Å². The van der Waals surface area contributed by atoms with Gasteiger partial charge in [-0.1, -0.05) is 427 Å². The lowest BCUT2D eigenvalue weighted by atomic mass is 9.99. The summed E-state index contributed by atoms with van der Waals surface area (Å²) in [7, 11) is -9.93. The average Bonchev–Trinajstić information content (AvgIpc) is 0.900. The molecule has 0 aliphatic carbocycles. The highest BCUT2D eigenvalue weighted by Gasteiger charge is 2.31. The topological polar surface area (TPSA) is 237 Å². The molecule has 0 bridgehead atoms. The summed E-state index contributed by atoms with van der Waals surface area (Å²) in [5.41, 5.74) is 0. The Bertz CT molecular complexity index is 2070. The molecule has 0 aliphatic rings. The van der Waals surface area contributed by atoms with E-state index in [1.54, 1.807) is 0 Å². The average molecular weight is 1580 g/mol. The van der Waals surface area contributed by atoms with Crippen LogP contribution in [0.3, 0.4) is 0 Å². The summed E-state index contributed by atoms with van der Waals surface area (Å²) in [5, 5.41) is 10.7. The number of carbonyl (C=O) groups is 4. The smallest absolute Gasteiger partial charge is 0.462 e. The number of aliphatic hydroxyl groups is 1. The Morgan fingerprint density at radius 3 is 0.704 bits per heavy atom. The number of hydrogen-bond donors (Lipinski definition) is 3. The molecular formula is C89H174O17P2. The Hall–Kier alpha value is -1.94. The molecule has 0 aromatic heterocycles. The molecule has 0 aromatic carbocycles. The molecule has 0 aliphatic heterocycles. The Morgan fingerprint density at radius 1 is 0.269 bits per heavy atom. The Balaban J connectivity index is 5.23. The van der Waals surface area contributed by atoms with E-state index in [1.165, 1.54) is 295 Å². The lowest BCUT2D eigenvalue weighted by molar-refractivity contribution is -0.161. The zero-order chi connectivity index (χ0) is 79.2. The normalized spacial score (nSPS) is 14.0. The standard InChI is InChI=1S/C89H174O17P2/c1-7-10-12-14-16-18-20-22-24-26-28-30-32-34-36-38-42-46-53-59-65-71-86(91)99-77-84(105-88(93)73-67-61-55-47-43-39-37-35-33-31-29-27-25-23-21-19-17-15-13-11-8-2)79-103-107(95,96)101-75-83(90)76-102-108(97,98)104-80-85(78-100-87(92)72-66-60-54-50-49-52-58-64-70-82(6)9-3)106-89(94)74-68-62-56-48-44-40-41-45-51-57-63-69-81(4)5/h81-85,90H,7-80H2,1-6H3,(H,95,96)(H,97,98)/t82?,83-,84-,85-/m1/s1. The van der Waals surface area contributed by atoms with Crippen LogP contribution in [0, 0.1) is 11.8 Å². The second kappa shape index (κ2) is 80.3. The zero-order valence-electron chi connectivity index (χ0n) is 71.2. The number of hydrogen-bond acceptors (Lipinski definition) is 15. The molecule has 0 saturated heterocycles. The number of aliphatic hydroxyl groups excluding tert-OH is 1. The molecular weight excluding hydrogens is 1400 g/mol. The van der Waals surface area contributed by atoms with Crippen molar-refractivity contribution < 1.29 is 80.2 Å². The predicted octanol–water partition coefficient (Wildman–Crippen LogP) is 27.4. The number of rotatable bonds is 88. The minimum Gasteiger partial charge on any atom is -0.462 e. The molecule has 3 unspecified atom stereocenters. The van der Waals surface area contributed by atoms with Gasteiger partial charge >= 0.3 is 39.5 Å². The third-order valence-corrected chi connectivity index (χ3v) is 23.2. The fraction of sp³-hybridized carbons (Fsp3) is 0.955. The van der Waals surface area contributed by atoms with Gasteiger partial charge in [0.15, 0.2) is 12.2 Å². The van der Waals surface area contributed by atoms with E-state index in [9.17, 15) is 43.2 Å². The maximum absolute atomic E-state index is 13.2. The first-order valence-corrected chi connectivity index (χ1v) is 49.0. The first kappa shape index (κ1) is 106. The van der Waals surface area contributed by atoms with Crippen molar-refractivity contribution in [1.29, 1.82) is 0 Å². The molecule has 17 nitrogen and oxygen atoms in total. The highest BCUT2D eigenvalue weighted by atomic mass is 31.2. The maximum atomic E-state index is 13.2. The van der Waals surface area contributed by atoms with E-state index < -0.39 is 97.5 Å². The van der Waals surface area contributed by atoms with Crippen LogP contribution in [0.2, 0.25) is 0 Å². The van der Waals surface area contributed by atoms with Crippen molar-refractivity contribution in [2.45, 2.75) is 496 Å². The molecule has 0 heterocycles. The molecule has 0 radical (unpaired) electrons. The van der Waals surface area contributed by atoms with Crippen LogP contribution < -0.4 is 0 Å². The fourth-order valence-corrected chi connectivity index (χ4v) is 15.5. The molecule has 642 valence electrons. The van der Waals surface area contributed by atoms with Gasteiger partial charge in [0, 0.05) is 25.7 Å². The van der Waals surface area contributed by atoms with Gasteiger partial charge in [0.1, 0.15) is 19.3 Å². The number of phosphoric ester groups is 2. The summed E-state index contributed by atoms with van der Waals surface area (Å²) in [6.07, 6.45) is 73.7. The van der Waals surface area contributed by atoms with E-state index in [-0.39, 0.29) is 25.7 Å². The molecule has 0 amide bonds. The van der Waals surface area contributed by atoms with Crippen LogP contribution in [0.5, 0.6) is 0 Å². The Morgan fingerprint density at radius 2 is 0.472 bits per heavy atom. The van der Waals surface area contributed by atoms with E-state index in [0.717, 1.165) is 102 Å². The van der Waals surface area contributed by atoms with Crippen LogP contribution in [-0.2, 0) is 65.4 Å². The molecule has 3 N–H and O–H groups in total. The van der Waals surface area contributed by atoms with Crippen molar-refractivity contribution in [2.75, 3.05) is 39.6 Å². The number of carbonyl (C=O) groups excluding carboxylic acids is 4. The van der Waals surface area contributed by atoms with Crippen molar-refractivity contribution in [2.24, 2.45) is 11.8 Å². The Labute approximate surface area is 664 Å². The number of esters is 4. The van der Waals surface area contributed by atoms with Gasteiger partial charge < -0.3 is 33.8 Å². The Kier molecular flexibility index (Phi) is 78.8. The van der Waals surface area contributed by atoms with E-state index in [1.807, 2.05) is 0 Å². The molecule has 0 fully saturated rings. The van der Waals surface area contributed by atoms with Gasteiger partial charge in [-0.3, -0.25) is 37.3 Å². The van der Waals surface area contributed by atoms with Crippen LogP contribution in [0.1, 0.15) is 478 Å². The monoisotopic (exact) mass is 1580 g/mol. The summed E-state index contributed by atoms with van der Waals surface area (Å²) in [6.45, 7) is 9.68. The lowest BCUT2D eigenvalue weighted by Crippen LogP contribution is -2.30. The van der Waals surface area contributed by atoms with E-state index in [2.05, 4.69) is 41.5 Å². The van der Waals surface area contributed by atoms with Gasteiger partial charge in [-0.05, 0) is 37.5 Å². The summed E-state index contributed by atoms with van der Waals surface area (Å²) < 4.78 is 69.0. The minimum atomic E-state index is -4.97. The van der Waals surface area contributed by atoms with Gasteiger partial charge in [0.25, 0.3) is 0 Å². The molecule has 108 heavy (non-hydrogen) atoms. The van der Waals surface area contributed by atoms with Crippen LogP contribution in [0.15, 0.2) is 0 Å². The second-order valence-electron chi connectivity index (χ2n) is 32.7. The first-order chi connectivity index (χ1) is 52.4. The van der Waals surface area contributed by atoms with Crippen molar-refractivity contribution in [3.05, 3.63) is 0 Å². The fourth-order valence-electron chi connectivity index (χ4n) is 13.9. The summed E-state index contributed by atoms with van der Waals surface area (Å²) in [4.78, 5) is 73.3. The van der Waals surface area contributed by atoms with Crippen molar-refractivity contribution in [3.63, 3.8) is 0 Å². The van der Waals surface area contributed by atoms with Crippen LogP contribution >= 0.6 is 15.6 Å². The SMILES string of the molecule is CCCCCCCCCCCCCCCCCCCCCCCC(=O)OC[C@H](COP(=O)(O)OC[C@@H](O)COP(=O)(O)OC[C@@H](COC(=O)CCCCCCCCCCC(C)CC)OC(=O)CCCCCCCCCCCCCC(C)C)OC(=O)CCCCCCCCCCCCCCCCCCCCCCC. The first-order valence-electron chi connectivity index (χ1n) is 46.0. The third-order valence-electron chi connectivity index (χ3n) is 21.3. The molecule has 0 saturated carbocycles. The van der Waals surface area contributed by atoms with Crippen molar-refractivity contribution >= 4 is 39.5 Å². The molecule has 6 atom stereocenters. The van der Waals surface area contributed by atoms with Crippen molar-refractivity contribution in [1.82, 2.24) is 0 Å². The van der Waals surface area contributed by atoms with Gasteiger partial charge in [0.05, 0.1) is 26.4 Å². The molecule has 0 aromatic rings. The maximum Gasteiger partial charge on any atom is 0.472 e. The van der Waals surface area contributed by atoms with Gasteiger partial charge in [-0.25, -0.2) is 9.13 Å². The van der Waals surface area contributed by atoms with Crippen molar-refractivity contribution in [3.8, 4) is 0 Å². The highest BCUT2D eigenvalue weighted by molar-refractivity contribution is 7.47. The quantitative estimate of drug-likeness (QED) is 0.0222. The summed E-state index contributed by atoms with van der Waals surface area (Å²) in [5.74, 6) is -0.558. The van der Waals surface area contributed by atoms with Gasteiger partial charge in [-0.15, -0.1) is 0 Å².